The maximum atomic E-state index is 13.6. The van der Waals surface area contributed by atoms with Crippen LogP contribution in [0.25, 0.3) is 0 Å². The van der Waals surface area contributed by atoms with Gasteiger partial charge in [-0.15, -0.1) is 6.42 Å². The highest BCUT2D eigenvalue weighted by Gasteiger charge is 2.31. The zero-order chi connectivity index (χ0) is 21.2. The highest BCUT2D eigenvalue weighted by molar-refractivity contribution is 6.47. The van der Waals surface area contributed by atoms with E-state index in [2.05, 4.69) is 5.92 Å². The average Bonchev–Trinajstić information content (AvgIpc) is 2.88. The molecule has 0 fully saturated rings. The number of Topliss-reactive ketones (excluding diaryl/α,β-unsaturated/α-hetero) is 1. The van der Waals surface area contributed by atoms with Gasteiger partial charge in [-0.3, -0.25) is 19.3 Å². The van der Waals surface area contributed by atoms with Crippen molar-refractivity contribution in [2.75, 3.05) is 11.4 Å². The van der Waals surface area contributed by atoms with Crippen LogP contribution >= 0.6 is 0 Å². The summed E-state index contributed by atoms with van der Waals surface area (Å²) in [5.74, 6) is -1.09. The summed E-state index contributed by atoms with van der Waals surface area (Å²) >= 11 is 0. The maximum Gasteiger partial charge on any atom is 0.301 e. The van der Waals surface area contributed by atoms with Crippen LogP contribution in [0, 0.1) is 43.3 Å². The minimum absolute atomic E-state index is 0.000870. The smallest absolute Gasteiger partial charge is 0.301 e. The topological polar surface area (TPSA) is 109 Å². The molecule has 0 saturated heterocycles. The number of amides is 2. The Bertz CT molecular complexity index is 1090. The lowest BCUT2D eigenvalue weighted by molar-refractivity contribution is -0.114. The number of ketones is 1. The van der Waals surface area contributed by atoms with E-state index in [0.29, 0.717) is 5.69 Å². The van der Waals surface area contributed by atoms with Crippen molar-refractivity contribution < 1.29 is 18.8 Å². The van der Waals surface area contributed by atoms with E-state index in [1.807, 2.05) is 0 Å². The summed E-state index contributed by atoms with van der Waals surface area (Å²) < 4.78 is 15.0. The van der Waals surface area contributed by atoms with Crippen molar-refractivity contribution in [2.45, 2.75) is 13.8 Å². The van der Waals surface area contributed by atoms with Crippen LogP contribution in [-0.4, -0.2) is 28.7 Å². The molecule has 0 atom stereocenters. The SMILES string of the molecule is C#CCN(C(=O)C(=O)c1c(C)c(C(N)=O)c(C)n1C)c1ccc(F)c(C#N)c1. The molecule has 0 radical (unpaired) electrons. The number of hydrogen-bond acceptors (Lipinski definition) is 4. The molecule has 0 spiro atoms. The second-order valence-corrected chi connectivity index (χ2v) is 6.06. The minimum Gasteiger partial charge on any atom is -0.366 e. The van der Waals surface area contributed by atoms with Gasteiger partial charge in [0.15, 0.2) is 0 Å². The van der Waals surface area contributed by atoms with Gasteiger partial charge in [-0.25, -0.2) is 4.39 Å². The molecule has 28 heavy (non-hydrogen) atoms. The number of terminal acetylenes is 1. The third kappa shape index (κ3) is 3.36. The monoisotopic (exact) mass is 380 g/mol. The van der Waals surface area contributed by atoms with Crippen LogP contribution in [0.3, 0.4) is 0 Å². The first-order valence-electron chi connectivity index (χ1n) is 8.10. The van der Waals surface area contributed by atoms with Crippen LogP contribution in [0.1, 0.15) is 37.7 Å². The molecule has 0 aliphatic heterocycles. The van der Waals surface area contributed by atoms with Gasteiger partial charge >= 0.3 is 5.91 Å². The zero-order valence-electron chi connectivity index (χ0n) is 15.5. The van der Waals surface area contributed by atoms with Crippen LogP contribution in [-0.2, 0) is 11.8 Å². The van der Waals surface area contributed by atoms with E-state index in [4.69, 9.17) is 17.4 Å². The zero-order valence-corrected chi connectivity index (χ0v) is 15.5. The van der Waals surface area contributed by atoms with Crippen LogP contribution in [0.15, 0.2) is 18.2 Å². The van der Waals surface area contributed by atoms with Crippen LogP contribution in [0.4, 0.5) is 10.1 Å². The molecule has 2 amide bonds. The van der Waals surface area contributed by atoms with Gasteiger partial charge < -0.3 is 10.3 Å². The van der Waals surface area contributed by atoms with Gasteiger partial charge in [0.05, 0.1) is 23.4 Å². The summed E-state index contributed by atoms with van der Waals surface area (Å²) in [5, 5.41) is 8.99. The molecular weight excluding hydrogens is 363 g/mol. The molecule has 7 nitrogen and oxygen atoms in total. The number of rotatable bonds is 5. The van der Waals surface area contributed by atoms with Gasteiger partial charge in [-0.2, -0.15) is 5.26 Å². The quantitative estimate of drug-likeness (QED) is 0.483. The Balaban J connectivity index is 2.55. The molecule has 8 heteroatoms. The summed E-state index contributed by atoms with van der Waals surface area (Å²) in [6.45, 7) is 2.85. The van der Waals surface area contributed by atoms with Gasteiger partial charge in [0, 0.05) is 18.4 Å². The van der Waals surface area contributed by atoms with Crippen LogP contribution in [0.2, 0.25) is 0 Å². The Morgan fingerprint density at radius 3 is 2.46 bits per heavy atom. The van der Waals surface area contributed by atoms with Gasteiger partial charge in [0.2, 0.25) is 0 Å². The van der Waals surface area contributed by atoms with E-state index in [1.165, 1.54) is 24.6 Å². The number of nitrogens with two attached hydrogens (primary N) is 1. The molecule has 1 aromatic heterocycles. The molecule has 0 bridgehead atoms. The predicted octanol–water partition coefficient (Wildman–Crippen LogP) is 1.60. The molecule has 142 valence electrons. The Morgan fingerprint density at radius 1 is 1.32 bits per heavy atom. The molecule has 1 aromatic carbocycles. The van der Waals surface area contributed by atoms with Crippen molar-refractivity contribution >= 4 is 23.3 Å². The number of aromatic nitrogens is 1. The first-order chi connectivity index (χ1) is 13.1. The summed E-state index contributed by atoms with van der Waals surface area (Å²) in [6.07, 6.45) is 5.31. The van der Waals surface area contributed by atoms with Gasteiger partial charge in [0.25, 0.3) is 11.7 Å². The van der Waals surface area contributed by atoms with Crippen LogP contribution < -0.4 is 10.6 Å². The Morgan fingerprint density at radius 2 is 1.96 bits per heavy atom. The average molecular weight is 380 g/mol. The van der Waals surface area contributed by atoms with Crippen molar-refractivity contribution in [1.82, 2.24) is 4.57 Å². The maximum absolute atomic E-state index is 13.6. The molecule has 2 N–H and O–H groups in total. The number of halogens is 1. The van der Waals surface area contributed by atoms with E-state index in [0.717, 1.165) is 17.0 Å². The lowest BCUT2D eigenvalue weighted by Gasteiger charge is -2.20. The van der Waals surface area contributed by atoms with Crippen LogP contribution in [0.5, 0.6) is 0 Å². The standard InChI is InChI=1S/C20H17FN4O3/c1-5-8-25(14-6-7-15(21)13(9-14)10-22)20(28)18(26)17-11(2)16(19(23)27)12(3)24(17)4/h1,6-7,9H,8H2,2-4H3,(H2,23,27). The molecule has 1 heterocycles. The molecule has 2 aromatic rings. The third-order valence-corrected chi connectivity index (χ3v) is 4.46. The molecule has 0 aliphatic rings. The highest BCUT2D eigenvalue weighted by Crippen LogP contribution is 2.24. The number of primary amides is 1. The first-order valence-corrected chi connectivity index (χ1v) is 8.10. The van der Waals surface area contributed by atoms with Crippen molar-refractivity contribution in [3.63, 3.8) is 0 Å². The summed E-state index contributed by atoms with van der Waals surface area (Å²) in [4.78, 5) is 38.4. The number of nitrogens with zero attached hydrogens (tertiary/aromatic N) is 3. The predicted molar refractivity (Wildman–Crippen MR) is 100 cm³/mol. The Kier molecular flexibility index (Phi) is 5.66. The number of anilines is 1. The third-order valence-electron chi connectivity index (χ3n) is 4.46. The van der Waals surface area contributed by atoms with Gasteiger partial charge in [0.1, 0.15) is 11.9 Å². The molecule has 2 rings (SSSR count). The number of carbonyl (C=O) groups excluding carboxylic acids is 3. The van der Waals surface area contributed by atoms with Crippen molar-refractivity contribution in [3.05, 3.63) is 52.1 Å². The molecule has 0 aliphatic carbocycles. The normalized spacial score (nSPS) is 10.1. The van der Waals surface area contributed by atoms with E-state index in [-0.39, 0.29) is 34.6 Å². The minimum atomic E-state index is -0.979. The number of benzene rings is 1. The summed E-state index contributed by atoms with van der Waals surface area (Å²) in [6, 6.07) is 5.06. The van der Waals surface area contributed by atoms with Crippen molar-refractivity contribution in [2.24, 2.45) is 12.8 Å². The molecular formula is C20H17FN4O3. The largest absolute Gasteiger partial charge is 0.366 e. The fourth-order valence-electron chi connectivity index (χ4n) is 3.02. The van der Waals surface area contributed by atoms with Crippen molar-refractivity contribution in [1.29, 1.82) is 5.26 Å². The van der Waals surface area contributed by atoms with Gasteiger partial charge in [-0.1, -0.05) is 5.92 Å². The first kappa shape index (κ1) is 20.4. The van der Waals surface area contributed by atoms with E-state index < -0.39 is 23.4 Å². The summed E-state index contributed by atoms with van der Waals surface area (Å²) in [5.41, 5.74) is 6.07. The van der Waals surface area contributed by atoms with E-state index >= 15 is 0 Å². The Hall–Kier alpha value is -3.91. The van der Waals surface area contributed by atoms with Crippen molar-refractivity contribution in [3.8, 4) is 18.4 Å². The molecule has 0 saturated carbocycles. The number of carbonyl (C=O) groups is 3. The lowest BCUT2D eigenvalue weighted by atomic mass is 10.1. The Labute approximate surface area is 161 Å². The fourth-order valence-corrected chi connectivity index (χ4v) is 3.02. The molecule has 0 unspecified atom stereocenters. The van der Waals surface area contributed by atoms with E-state index in [9.17, 15) is 18.8 Å². The fraction of sp³-hybridized carbons (Fsp3) is 0.200. The lowest BCUT2D eigenvalue weighted by Crippen LogP contribution is -2.38. The second kappa shape index (κ2) is 7.77. The summed E-state index contributed by atoms with van der Waals surface area (Å²) in [7, 11) is 1.53. The second-order valence-electron chi connectivity index (χ2n) is 6.06. The number of hydrogen-bond donors (Lipinski definition) is 1. The number of nitriles is 1. The van der Waals surface area contributed by atoms with Gasteiger partial charge in [-0.05, 0) is 37.6 Å². The van der Waals surface area contributed by atoms with E-state index in [1.54, 1.807) is 13.0 Å². The highest BCUT2D eigenvalue weighted by atomic mass is 19.1.